The predicted molar refractivity (Wildman–Crippen MR) is 230 cm³/mol. The first-order chi connectivity index (χ1) is 28.5. The van der Waals surface area contributed by atoms with Crippen molar-refractivity contribution in [2.75, 3.05) is 20.2 Å². The zero-order valence-electron chi connectivity index (χ0n) is 36.3. The van der Waals surface area contributed by atoms with Crippen molar-refractivity contribution in [2.24, 2.45) is 17.3 Å². The van der Waals surface area contributed by atoms with E-state index in [1.54, 1.807) is 84.0 Å². The Hall–Kier alpha value is -4.86. The number of alkyl carbamates (subject to hydrolysis) is 1. The molecule has 6 atom stereocenters. The van der Waals surface area contributed by atoms with Gasteiger partial charge < -0.3 is 45.3 Å². The maximum absolute atomic E-state index is 13.8. The van der Waals surface area contributed by atoms with Crippen LogP contribution in [0.5, 0.6) is 5.75 Å². The summed E-state index contributed by atoms with van der Waals surface area (Å²) < 4.78 is 22.1. The minimum absolute atomic E-state index is 0.0544. The summed E-state index contributed by atoms with van der Waals surface area (Å²) in [6, 6.07) is 10.7. The van der Waals surface area contributed by atoms with Crippen LogP contribution in [0.2, 0.25) is 5.02 Å². The van der Waals surface area contributed by atoms with Gasteiger partial charge in [0.05, 0.1) is 29.0 Å². The molecule has 0 spiro atoms. The van der Waals surface area contributed by atoms with E-state index in [0.717, 1.165) is 5.56 Å². The Kier molecular flexibility index (Phi) is 18.9. The lowest BCUT2D eigenvalue weighted by atomic mass is 9.90. The Morgan fingerprint density at radius 2 is 1.66 bits per heavy atom. The van der Waals surface area contributed by atoms with Gasteiger partial charge in [-0.15, -0.1) is 11.6 Å². The summed E-state index contributed by atoms with van der Waals surface area (Å²) >= 11 is 13.2. The molecule has 3 rings (SSSR count). The lowest BCUT2D eigenvalue weighted by Gasteiger charge is -2.32. The van der Waals surface area contributed by atoms with E-state index in [1.165, 1.54) is 19.3 Å². The lowest BCUT2D eigenvalue weighted by Crippen LogP contribution is -2.51. The SMILES string of the molecule is COc1ccc(C[C@H]2NC(=O)/C=C/C[C@@H]([C@H](C)[C@@H](O)[C@@H](Cl)c3ccc(CNC(=O)CNC(=O)OC(C)(C)C)cc3)OC(=O)[C@H](CC(C)C)OC(=O)C(C)(C)CNC2=O)cc1Cl. The molecule has 4 amide bonds. The molecule has 1 heterocycles. The largest absolute Gasteiger partial charge is 0.495 e. The van der Waals surface area contributed by atoms with Gasteiger partial charge in [-0.1, -0.05) is 68.8 Å². The van der Waals surface area contributed by atoms with Crippen LogP contribution in [-0.4, -0.2) is 91.0 Å². The van der Waals surface area contributed by atoms with E-state index in [1.807, 2.05) is 13.8 Å². The Labute approximate surface area is 367 Å². The Bertz CT molecular complexity index is 1880. The smallest absolute Gasteiger partial charge is 0.408 e. The monoisotopic (exact) mass is 890 g/mol. The summed E-state index contributed by atoms with van der Waals surface area (Å²) in [6.45, 7) is 13.3. The number of aliphatic hydroxyl groups is 1. The standard InChI is InChI=1S/C44H60Cl2N4O11/c1-25(2)19-34-40(55)59-32(26(3)38(53)37(46)29-16-13-27(14-17-29)22-47-36(52)23-48-42(57)61-43(4,5)6)11-10-12-35(51)50-31(21-28-15-18-33(58-9)30(45)20-28)39(54)49-24-44(7,8)41(56)60-34/h10,12-18,20,25-26,31-32,34,37-38,53H,11,19,21-24H2,1-9H3,(H,47,52)(H,48,57)(H,49,54)(H,50,51)/b12-10+/t26-,31+,32-,34-,37-,38+/m0/s1. The van der Waals surface area contributed by atoms with Crippen LogP contribution in [0, 0.1) is 17.3 Å². The highest BCUT2D eigenvalue weighted by Crippen LogP contribution is 2.33. The van der Waals surface area contributed by atoms with Crippen molar-refractivity contribution in [2.45, 2.75) is 117 Å². The highest BCUT2D eigenvalue weighted by Gasteiger charge is 2.38. The average molecular weight is 892 g/mol. The van der Waals surface area contributed by atoms with Crippen LogP contribution in [0.4, 0.5) is 4.79 Å². The molecular formula is C44H60Cl2N4O11. The van der Waals surface area contributed by atoms with Crippen LogP contribution in [-0.2, 0) is 51.1 Å². The van der Waals surface area contributed by atoms with Crippen molar-refractivity contribution < 1.29 is 52.8 Å². The number of rotatable bonds is 13. The van der Waals surface area contributed by atoms with E-state index >= 15 is 0 Å². The molecule has 336 valence electrons. The lowest BCUT2D eigenvalue weighted by molar-refractivity contribution is -0.180. The molecule has 0 aliphatic carbocycles. The number of esters is 2. The van der Waals surface area contributed by atoms with Crippen LogP contribution in [0.3, 0.4) is 0 Å². The molecule has 1 aliphatic rings. The van der Waals surface area contributed by atoms with Crippen molar-refractivity contribution in [3.8, 4) is 5.75 Å². The molecule has 0 saturated heterocycles. The molecule has 0 saturated carbocycles. The second-order valence-electron chi connectivity index (χ2n) is 17.1. The molecule has 0 unspecified atom stereocenters. The van der Waals surface area contributed by atoms with Crippen molar-refractivity contribution >= 4 is 59.0 Å². The number of hydrogen-bond donors (Lipinski definition) is 5. The molecule has 2 aromatic rings. The first-order valence-electron chi connectivity index (χ1n) is 20.1. The first kappa shape index (κ1) is 50.5. The number of amides is 4. The molecule has 0 radical (unpaired) electrons. The summed E-state index contributed by atoms with van der Waals surface area (Å²) in [5.41, 5.74) is -0.109. The van der Waals surface area contributed by atoms with Gasteiger partial charge in [0, 0.05) is 31.8 Å². The van der Waals surface area contributed by atoms with E-state index < -0.39 is 82.4 Å². The molecule has 0 fully saturated rings. The van der Waals surface area contributed by atoms with Crippen molar-refractivity contribution in [1.82, 2.24) is 21.3 Å². The van der Waals surface area contributed by atoms with Crippen LogP contribution in [0.15, 0.2) is 54.6 Å². The topological polar surface area (TPSA) is 208 Å². The van der Waals surface area contributed by atoms with E-state index in [9.17, 15) is 33.9 Å². The van der Waals surface area contributed by atoms with E-state index in [-0.39, 0.29) is 44.8 Å². The van der Waals surface area contributed by atoms with Gasteiger partial charge in [-0.2, -0.15) is 0 Å². The van der Waals surface area contributed by atoms with Gasteiger partial charge in [-0.05, 0) is 81.9 Å². The number of carbonyl (C=O) groups excluding carboxylic acids is 6. The molecule has 17 heteroatoms. The van der Waals surface area contributed by atoms with Crippen LogP contribution < -0.4 is 26.0 Å². The number of nitrogens with one attached hydrogen (secondary N) is 4. The fraction of sp³-hybridized carbons (Fsp3) is 0.545. The van der Waals surface area contributed by atoms with Gasteiger partial charge in [0.1, 0.15) is 30.0 Å². The number of ether oxygens (including phenoxy) is 4. The van der Waals surface area contributed by atoms with Gasteiger partial charge in [0.2, 0.25) is 17.7 Å². The van der Waals surface area contributed by atoms with Crippen LogP contribution in [0.25, 0.3) is 0 Å². The molecule has 0 aromatic heterocycles. The number of alkyl halides is 1. The predicted octanol–water partition coefficient (Wildman–Crippen LogP) is 5.47. The fourth-order valence-corrected chi connectivity index (χ4v) is 6.71. The minimum atomic E-state index is -1.31. The molecule has 15 nitrogen and oxygen atoms in total. The van der Waals surface area contributed by atoms with Crippen LogP contribution >= 0.6 is 23.2 Å². The first-order valence-corrected chi connectivity index (χ1v) is 20.9. The fourth-order valence-electron chi connectivity index (χ4n) is 6.05. The Morgan fingerprint density at radius 1 is 1.00 bits per heavy atom. The number of halogens is 2. The third-order valence-electron chi connectivity index (χ3n) is 9.65. The zero-order chi connectivity index (χ0) is 45.7. The maximum atomic E-state index is 13.8. The highest BCUT2D eigenvalue weighted by molar-refractivity contribution is 6.32. The quantitative estimate of drug-likeness (QED) is 0.0969. The van der Waals surface area contributed by atoms with E-state index in [2.05, 4.69) is 21.3 Å². The zero-order valence-corrected chi connectivity index (χ0v) is 37.8. The molecule has 2 aromatic carbocycles. The number of methoxy groups -OCH3 is 1. The Balaban J connectivity index is 1.83. The molecule has 5 N–H and O–H groups in total. The number of aliphatic hydroxyl groups excluding tert-OH is 1. The normalized spacial score (nSPS) is 21.1. The van der Waals surface area contributed by atoms with Gasteiger partial charge in [-0.3, -0.25) is 19.2 Å². The van der Waals surface area contributed by atoms with Crippen molar-refractivity contribution in [3.63, 3.8) is 0 Å². The van der Waals surface area contributed by atoms with E-state index in [0.29, 0.717) is 21.9 Å². The number of cyclic esters (lactones) is 2. The average Bonchev–Trinajstić information content (AvgIpc) is 3.18. The number of hydrogen-bond acceptors (Lipinski definition) is 11. The molecule has 61 heavy (non-hydrogen) atoms. The molecule has 0 bridgehead atoms. The van der Waals surface area contributed by atoms with Gasteiger partial charge in [0.25, 0.3) is 0 Å². The Morgan fingerprint density at radius 3 is 2.26 bits per heavy atom. The summed E-state index contributed by atoms with van der Waals surface area (Å²) in [5.74, 6) is -3.67. The van der Waals surface area contributed by atoms with E-state index in [4.69, 9.17) is 42.1 Å². The second kappa shape index (κ2) is 22.8. The summed E-state index contributed by atoms with van der Waals surface area (Å²) in [6.07, 6.45) is -1.55. The van der Waals surface area contributed by atoms with Gasteiger partial charge in [-0.25, -0.2) is 9.59 Å². The van der Waals surface area contributed by atoms with Gasteiger partial charge >= 0.3 is 18.0 Å². The second-order valence-corrected chi connectivity index (χ2v) is 18.0. The third kappa shape index (κ3) is 16.5. The molecule has 1 aliphatic heterocycles. The summed E-state index contributed by atoms with van der Waals surface area (Å²) in [7, 11) is 1.48. The highest BCUT2D eigenvalue weighted by atomic mass is 35.5. The van der Waals surface area contributed by atoms with Crippen molar-refractivity contribution in [3.05, 3.63) is 76.3 Å². The number of carbonyl (C=O) groups is 6. The number of benzene rings is 2. The third-order valence-corrected chi connectivity index (χ3v) is 10.5. The summed E-state index contributed by atoms with van der Waals surface area (Å²) in [5, 5.41) is 21.5. The maximum Gasteiger partial charge on any atom is 0.408 e. The van der Waals surface area contributed by atoms with Gasteiger partial charge in [0.15, 0.2) is 6.10 Å². The minimum Gasteiger partial charge on any atom is -0.495 e. The van der Waals surface area contributed by atoms with Crippen molar-refractivity contribution in [1.29, 1.82) is 0 Å². The molecular weight excluding hydrogens is 831 g/mol. The summed E-state index contributed by atoms with van der Waals surface area (Å²) in [4.78, 5) is 78.4. The van der Waals surface area contributed by atoms with Crippen LogP contribution in [0.1, 0.15) is 90.3 Å².